The molecule has 1 aromatic carbocycles. The lowest BCUT2D eigenvalue weighted by Gasteiger charge is -2.28. The van der Waals surface area contributed by atoms with E-state index in [4.69, 9.17) is 4.74 Å². The first-order valence-corrected chi connectivity index (χ1v) is 10.1. The molecule has 5 heteroatoms. The summed E-state index contributed by atoms with van der Waals surface area (Å²) in [7, 11) is 0. The average Bonchev–Trinajstić information content (AvgIpc) is 2.99. The van der Waals surface area contributed by atoms with Crippen molar-refractivity contribution >= 4 is 17.2 Å². The van der Waals surface area contributed by atoms with Gasteiger partial charge >= 0.3 is 0 Å². The standard InChI is InChI=1S/C24H27N3O2/c1-15(2)29-20-14-25-11-10-17(20)22-23(26-16-8-6-5-7-9-16)21-18(27-22)12-24(3,4)13-19(21)28/h5-11,14-15,26-27H,12-13H2,1-4H3. The van der Waals surface area contributed by atoms with Crippen LogP contribution in [0.15, 0.2) is 48.8 Å². The van der Waals surface area contributed by atoms with E-state index < -0.39 is 0 Å². The van der Waals surface area contributed by atoms with Gasteiger partial charge in [0.2, 0.25) is 0 Å². The molecule has 0 bridgehead atoms. The van der Waals surface area contributed by atoms with E-state index in [0.29, 0.717) is 12.2 Å². The molecule has 5 nitrogen and oxygen atoms in total. The summed E-state index contributed by atoms with van der Waals surface area (Å²) in [6.07, 6.45) is 4.86. The summed E-state index contributed by atoms with van der Waals surface area (Å²) in [5.41, 5.74) is 5.18. The predicted molar refractivity (Wildman–Crippen MR) is 116 cm³/mol. The third-order valence-corrected chi connectivity index (χ3v) is 5.11. The number of aromatic amines is 1. The first-order chi connectivity index (χ1) is 13.8. The molecule has 4 rings (SSSR count). The summed E-state index contributed by atoms with van der Waals surface area (Å²) in [6, 6.07) is 11.9. The van der Waals surface area contributed by atoms with Gasteiger partial charge in [-0.25, -0.2) is 0 Å². The summed E-state index contributed by atoms with van der Waals surface area (Å²) < 4.78 is 6.01. The second kappa shape index (κ2) is 7.39. The SMILES string of the molecule is CC(C)Oc1cnccc1-c1[nH]c2c(c1Nc1ccccc1)C(=O)CC(C)(C)C2. The van der Waals surface area contributed by atoms with Crippen LogP contribution < -0.4 is 10.1 Å². The van der Waals surface area contributed by atoms with Crippen LogP contribution in [-0.2, 0) is 6.42 Å². The average molecular weight is 389 g/mol. The number of nitrogens with one attached hydrogen (secondary N) is 2. The number of nitrogens with zero attached hydrogens (tertiary/aromatic N) is 1. The van der Waals surface area contributed by atoms with E-state index in [1.807, 2.05) is 50.2 Å². The minimum atomic E-state index is -0.0638. The topological polar surface area (TPSA) is 67.0 Å². The summed E-state index contributed by atoms with van der Waals surface area (Å²) >= 11 is 0. The smallest absolute Gasteiger partial charge is 0.167 e. The molecular weight excluding hydrogens is 362 g/mol. The van der Waals surface area contributed by atoms with Gasteiger partial charge in [0.05, 0.1) is 29.2 Å². The van der Waals surface area contributed by atoms with Crippen LogP contribution in [0.3, 0.4) is 0 Å². The molecule has 2 aromatic heterocycles. The predicted octanol–water partition coefficient (Wildman–Crippen LogP) is 5.76. The molecule has 150 valence electrons. The number of hydrogen-bond donors (Lipinski definition) is 2. The van der Waals surface area contributed by atoms with Crippen LogP contribution in [0.4, 0.5) is 11.4 Å². The van der Waals surface area contributed by atoms with Crippen molar-refractivity contribution in [2.75, 3.05) is 5.32 Å². The van der Waals surface area contributed by atoms with Crippen molar-refractivity contribution in [2.24, 2.45) is 5.41 Å². The molecule has 1 aliphatic carbocycles. The van der Waals surface area contributed by atoms with Crippen LogP contribution in [0.5, 0.6) is 5.75 Å². The van der Waals surface area contributed by atoms with Crippen LogP contribution >= 0.6 is 0 Å². The number of para-hydroxylation sites is 1. The number of benzene rings is 1. The second-order valence-corrected chi connectivity index (χ2v) is 8.70. The highest BCUT2D eigenvalue weighted by Gasteiger charge is 2.36. The maximum absolute atomic E-state index is 13.1. The third-order valence-electron chi connectivity index (χ3n) is 5.11. The van der Waals surface area contributed by atoms with E-state index in [1.54, 1.807) is 12.4 Å². The largest absolute Gasteiger partial charge is 0.489 e. The molecule has 0 fully saturated rings. The zero-order chi connectivity index (χ0) is 20.6. The van der Waals surface area contributed by atoms with E-state index in [2.05, 4.69) is 29.1 Å². The van der Waals surface area contributed by atoms with Gasteiger partial charge in [0, 0.05) is 29.6 Å². The highest BCUT2D eigenvalue weighted by molar-refractivity contribution is 6.08. The number of pyridine rings is 1. The zero-order valence-electron chi connectivity index (χ0n) is 17.4. The van der Waals surface area contributed by atoms with Gasteiger partial charge in [-0.05, 0) is 43.9 Å². The van der Waals surface area contributed by atoms with E-state index in [-0.39, 0.29) is 17.3 Å². The van der Waals surface area contributed by atoms with Crippen molar-refractivity contribution in [1.29, 1.82) is 0 Å². The highest BCUT2D eigenvalue weighted by atomic mass is 16.5. The van der Waals surface area contributed by atoms with Crippen molar-refractivity contribution in [2.45, 2.75) is 46.6 Å². The van der Waals surface area contributed by atoms with Crippen LogP contribution in [0.1, 0.15) is 50.2 Å². The quantitative estimate of drug-likeness (QED) is 0.582. The molecule has 0 spiro atoms. The number of ether oxygens (including phenoxy) is 1. The van der Waals surface area contributed by atoms with Gasteiger partial charge in [0.25, 0.3) is 0 Å². The Morgan fingerprint density at radius 1 is 1.14 bits per heavy atom. The molecule has 0 aliphatic heterocycles. The number of anilines is 2. The minimum absolute atomic E-state index is 0.0219. The molecule has 2 heterocycles. The van der Waals surface area contributed by atoms with Gasteiger partial charge in [-0.3, -0.25) is 9.78 Å². The number of H-pyrrole nitrogens is 1. The number of carbonyl (C=O) groups excluding carboxylic acids is 1. The molecule has 3 aromatic rings. The summed E-state index contributed by atoms with van der Waals surface area (Å²) in [4.78, 5) is 20.9. The van der Waals surface area contributed by atoms with Crippen molar-refractivity contribution in [3.63, 3.8) is 0 Å². The first kappa shape index (κ1) is 19.2. The van der Waals surface area contributed by atoms with Crippen molar-refractivity contribution in [3.8, 4) is 17.0 Å². The molecule has 0 amide bonds. The van der Waals surface area contributed by atoms with Gasteiger partial charge in [-0.15, -0.1) is 0 Å². The number of ketones is 1. The van der Waals surface area contributed by atoms with E-state index in [9.17, 15) is 4.79 Å². The fourth-order valence-electron chi connectivity index (χ4n) is 3.98. The van der Waals surface area contributed by atoms with Crippen LogP contribution in [0, 0.1) is 5.41 Å². The Hall–Kier alpha value is -3.08. The number of fused-ring (bicyclic) bond motifs is 1. The summed E-state index contributed by atoms with van der Waals surface area (Å²) in [5.74, 6) is 0.862. The van der Waals surface area contributed by atoms with Gasteiger partial charge in [0.15, 0.2) is 5.78 Å². The lowest BCUT2D eigenvalue weighted by atomic mass is 9.76. The molecule has 0 saturated heterocycles. The van der Waals surface area contributed by atoms with E-state index >= 15 is 0 Å². The van der Waals surface area contributed by atoms with Crippen LogP contribution in [-0.4, -0.2) is 21.9 Å². The Bertz CT molecular complexity index is 1040. The maximum atomic E-state index is 13.1. The molecule has 0 saturated carbocycles. The molecule has 1 aliphatic rings. The maximum Gasteiger partial charge on any atom is 0.167 e. The molecule has 29 heavy (non-hydrogen) atoms. The van der Waals surface area contributed by atoms with Gasteiger partial charge in [-0.2, -0.15) is 0 Å². The van der Waals surface area contributed by atoms with Gasteiger partial charge in [-0.1, -0.05) is 32.0 Å². The van der Waals surface area contributed by atoms with Crippen molar-refractivity contribution < 1.29 is 9.53 Å². The molecular formula is C24H27N3O2. The Labute approximate surface area is 171 Å². The second-order valence-electron chi connectivity index (χ2n) is 8.70. The normalized spacial score (nSPS) is 15.3. The van der Waals surface area contributed by atoms with Gasteiger partial charge < -0.3 is 15.0 Å². The van der Waals surface area contributed by atoms with E-state index in [1.165, 1.54) is 0 Å². The van der Waals surface area contributed by atoms with Crippen molar-refractivity contribution in [1.82, 2.24) is 9.97 Å². The summed E-state index contributed by atoms with van der Waals surface area (Å²) in [6.45, 7) is 8.26. The number of carbonyl (C=O) groups is 1. The third kappa shape index (κ3) is 3.90. The van der Waals surface area contributed by atoms with Crippen LogP contribution in [0.25, 0.3) is 11.3 Å². The number of rotatable bonds is 5. The minimum Gasteiger partial charge on any atom is -0.489 e. The Kier molecular flexibility index (Phi) is 4.91. The fourth-order valence-corrected chi connectivity index (χ4v) is 3.98. The molecule has 0 atom stereocenters. The zero-order valence-corrected chi connectivity index (χ0v) is 17.4. The Morgan fingerprint density at radius 3 is 2.62 bits per heavy atom. The van der Waals surface area contributed by atoms with Crippen molar-refractivity contribution in [3.05, 3.63) is 60.0 Å². The fraction of sp³-hybridized carbons (Fsp3) is 0.333. The summed E-state index contributed by atoms with van der Waals surface area (Å²) in [5, 5.41) is 3.49. The first-order valence-electron chi connectivity index (χ1n) is 10.1. The number of hydrogen-bond acceptors (Lipinski definition) is 4. The molecule has 2 N–H and O–H groups in total. The lowest BCUT2D eigenvalue weighted by molar-refractivity contribution is 0.0912. The van der Waals surface area contributed by atoms with E-state index in [0.717, 1.165) is 40.3 Å². The van der Waals surface area contributed by atoms with Crippen LogP contribution in [0.2, 0.25) is 0 Å². The monoisotopic (exact) mass is 389 g/mol. The molecule has 0 unspecified atom stereocenters. The number of aromatic nitrogens is 2. The van der Waals surface area contributed by atoms with Gasteiger partial charge in [0.1, 0.15) is 5.75 Å². The highest BCUT2D eigenvalue weighted by Crippen LogP contribution is 2.45. The molecule has 0 radical (unpaired) electrons. The Balaban J connectivity index is 1.89. The lowest BCUT2D eigenvalue weighted by Crippen LogP contribution is -2.26. The number of Topliss-reactive ketones (excluding diaryl/α,β-unsaturated/α-hetero) is 1. The Morgan fingerprint density at radius 2 is 1.90 bits per heavy atom.